The molecule has 10 heavy (non-hydrogen) atoms. The van der Waals surface area contributed by atoms with Crippen molar-refractivity contribution >= 4 is 0 Å². The molecule has 2 rings (SSSR count). The van der Waals surface area contributed by atoms with Gasteiger partial charge in [-0.2, -0.15) is 0 Å². The van der Waals surface area contributed by atoms with Gasteiger partial charge in [0.25, 0.3) is 0 Å². The Morgan fingerprint density at radius 3 is 2.60 bits per heavy atom. The van der Waals surface area contributed by atoms with Crippen molar-refractivity contribution < 1.29 is 5.11 Å². The highest BCUT2D eigenvalue weighted by Crippen LogP contribution is 2.49. The topological polar surface area (TPSA) is 46.2 Å². The van der Waals surface area contributed by atoms with Gasteiger partial charge < -0.3 is 10.8 Å². The van der Waals surface area contributed by atoms with Crippen molar-refractivity contribution in [2.45, 2.75) is 31.2 Å². The van der Waals surface area contributed by atoms with Crippen LogP contribution in [0.4, 0.5) is 0 Å². The molecule has 3 atom stereocenters. The first-order valence-corrected chi connectivity index (χ1v) is 4.14. The quantitative estimate of drug-likeness (QED) is 0.558. The molecule has 0 aliphatic heterocycles. The molecule has 0 aromatic heterocycles. The van der Waals surface area contributed by atoms with Crippen molar-refractivity contribution in [2.75, 3.05) is 6.61 Å². The first-order valence-electron chi connectivity index (χ1n) is 4.14. The number of fused-ring (bicyclic) bond motifs is 2. The second-order valence-electron chi connectivity index (χ2n) is 3.97. The highest BCUT2D eigenvalue weighted by atomic mass is 16.3. The van der Waals surface area contributed by atoms with E-state index in [4.69, 9.17) is 10.8 Å². The summed E-state index contributed by atoms with van der Waals surface area (Å²) in [6, 6.07) is 0. The smallest absolute Gasteiger partial charge is 0.0614 e. The molecule has 0 aromatic rings. The molecule has 2 fully saturated rings. The van der Waals surface area contributed by atoms with Crippen LogP contribution in [0.3, 0.4) is 0 Å². The maximum absolute atomic E-state index is 9.02. The fourth-order valence-corrected chi connectivity index (χ4v) is 2.68. The first-order chi connectivity index (χ1) is 4.74. The van der Waals surface area contributed by atoms with Crippen LogP contribution in [0.2, 0.25) is 0 Å². The van der Waals surface area contributed by atoms with Crippen LogP contribution in [0, 0.1) is 11.8 Å². The lowest BCUT2D eigenvalue weighted by molar-refractivity contribution is 0.142. The summed E-state index contributed by atoms with van der Waals surface area (Å²) in [5.74, 6) is 1.46. The number of hydrogen-bond acceptors (Lipinski definition) is 2. The fraction of sp³-hybridized carbons (Fsp3) is 1.00. The Labute approximate surface area is 61.4 Å². The molecule has 2 aliphatic carbocycles. The van der Waals surface area contributed by atoms with Crippen LogP contribution in [-0.4, -0.2) is 17.3 Å². The Hall–Kier alpha value is -0.0800. The molecule has 0 spiro atoms. The average Bonchev–Trinajstić information content (AvgIpc) is 2.46. The van der Waals surface area contributed by atoms with Crippen molar-refractivity contribution in [1.29, 1.82) is 0 Å². The van der Waals surface area contributed by atoms with E-state index in [9.17, 15) is 0 Å². The van der Waals surface area contributed by atoms with Crippen LogP contribution in [0.5, 0.6) is 0 Å². The predicted molar refractivity (Wildman–Crippen MR) is 39.5 cm³/mol. The van der Waals surface area contributed by atoms with Crippen molar-refractivity contribution in [3.05, 3.63) is 0 Å². The Morgan fingerprint density at radius 2 is 2.30 bits per heavy atom. The Balaban J connectivity index is 2.14. The lowest BCUT2D eigenvalue weighted by atomic mass is 9.83. The molecule has 0 saturated heterocycles. The lowest BCUT2D eigenvalue weighted by Gasteiger charge is -2.31. The molecule has 0 aromatic carbocycles. The molecular formula is C8H15NO. The van der Waals surface area contributed by atoms with E-state index >= 15 is 0 Å². The van der Waals surface area contributed by atoms with Crippen LogP contribution >= 0.6 is 0 Å². The van der Waals surface area contributed by atoms with E-state index in [-0.39, 0.29) is 12.1 Å². The van der Waals surface area contributed by atoms with Gasteiger partial charge in [0.05, 0.1) is 6.61 Å². The zero-order chi connectivity index (χ0) is 7.19. The second-order valence-corrected chi connectivity index (χ2v) is 3.97. The molecule has 2 aliphatic rings. The summed E-state index contributed by atoms with van der Waals surface area (Å²) in [5, 5.41) is 9.02. The van der Waals surface area contributed by atoms with Crippen LogP contribution in [0.25, 0.3) is 0 Å². The van der Waals surface area contributed by atoms with Crippen molar-refractivity contribution in [2.24, 2.45) is 17.6 Å². The zero-order valence-corrected chi connectivity index (χ0v) is 6.21. The monoisotopic (exact) mass is 141 g/mol. The minimum absolute atomic E-state index is 0.189. The molecule has 58 valence electrons. The summed E-state index contributed by atoms with van der Waals surface area (Å²) < 4.78 is 0. The van der Waals surface area contributed by atoms with E-state index in [1.165, 1.54) is 19.3 Å². The number of hydrogen-bond donors (Lipinski definition) is 2. The van der Waals surface area contributed by atoms with Gasteiger partial charge in [-0.1, -0.05) is 6.42 Å². The standard InChI is InChI=1S/C8H15NO/c9-8(5-10)4-6-1-2-7(8)3-6/h6-7,10H,1-5,9H2. The summed E-state index contributed by atoms with van der Waals surface area (Å²) >= 11 is 0. The van der Waals surface area contributed by atoms with Gasteiger partial charge in [0.1, 0.15) is 0 Å². The van der Waals surface area contributed by atoms with Crippen molar-refractivity contribution in [1.82, 2.24) is 0 Å². The predicted octanol–water partition coefficient (Wildman–Crippen LogP) is 0.496. The molecule has 2 nitrogen and oxygen atoms in total. The highest BCUT2D eigenvalue weighted by Gasteiger charge is 2.47. The minimum atomic E-state index is -0.192. The lowest BCUT2D eigenvalue weighted by Crippen LogP contribution is -2.48. The molecule has 2 saturated carbocycles. The van der Waals surface area contributed by atoms with Gasteiger partial charge in [-0.15, -0.1) is 0 Å². The Bertz CT molecular complexity index is 148. The number of nitrogens with two attached hydrogens (primary N) is 1. The van der Waals surface area contributed by atoms with Gasteiger partial charge in [-0.05, 0) is 31.1 Å². The van der Waals surface area contributed by atoms with E-state index < -0.39 is 0 Å². The van der Waals surface area contributed by atoms with Crippen LogP contribution < -0.4 is 5.73 Å². The molecule has 2 bridgehead atoms. The van der Waals surface area contributed by atoms with Gasteiger partial charge in [0.15, 0.2) is 0 Å². The maximum atomic E-state index is 9.02. The van der Waals surface area contributed by atoms with E-state index in [0.717, 1.165) is 12.3 Å². The Kier molecular flexibility index (Phi) is 1.29. The second kappa shape index (κ2) is 1.95. The fourth-order valence-electron chi connectivity index (χ4n) is 2.68. The van der Waals surface area contributed by atoms with Gasteiger partial charge in [-0.25, -0.2) is 0 Å². The van der Waals surface area contributed by atoms with Crippen molar-refractivity contribution in [3.8, 4) is 0 Å². The third-order valence-electron chi connectivity index (χ3n) is 3.32. The summed E-state index contributed by atoms with van der Waals surface area (Å²) in [6.45, 7) is 0.189. The highest BCUT2D eigenvalue weighted by molar-refractivity contribution is 5.03. The molecule has 0 heterocycles. The molecular weight excluding hydrogens is 126 g/mol. The molecule has 3 N–H and O–H groups in total. The zero-order valence-electron chi connectivity index (χ0n) is 6.21. The van der Waals surface area contributed by atoms with Crippen LogP contribution in [0.15, 0.2) is 0 Å². The molecule has 2 heteroatoms. The third kappa shape index (κ3) is 0.722. The van der Waals surface area contributed by atoms with E-state index in [1.807, 2.05) is 0 Å². The Morgan fingerprint density at radius 1 is 1.50 bits per heavy atom. The summed E-state index contributed by atoms with van der Waals surface area (Å²) in [5.41, 5.74) is 5.80. The number of aliphatic hydroxyl groups is 1. The number of aliphatic hydroxyl groups excluding tert-OH is 1. The molecule has 0 amide bonds. The van der Waals surface area contributed by atoms with E-state index in [2.05, 4.69) is 0 Å². The molecule has 3 unspecified atom stereocenters. The van der Waals surface area contributed by atoms with Crippen LogP contribution in [-0.2, 0) is 0 Å². The summed E-state index contributed by atoms with van der Waals surface area (Å²) in [4.78, 5) is 0. The average molecular weight is 141 g/mol. The van der Waals surface area contributed by atoms with Gasteiger partial charge in [0, 0.05) is 5.54 Å². The van der Waals surface area contributed by atoms with E-state index in [0.29, 0.717) is 5.92 Å². The van der Waals surface area contributed by atoms with Gasteiger partial charge in [-0.3, -0.25) is 0 Å². The van der Waals surface area contributed by atoms with Crippen LogP contribution in [0.1, 0.15) is 25.7 Å². The first kappa shape index (κ1) is 6.62. The van der Waals surface area contributed by atoms with Crippen molar-refractivity contribution in [3.63, 3.8) is 0 Å². The summed E-state index contributed by atoms with van der Waals surface area (Å²) in [7, 11) is 0. The van der Waals surface area contributed by atoms with E-state index in [1.54, 1.807) is 0 Å². The summed E-state index contributed by atoms with van der Waals surface area (Å²) in [6.07, 6.45) is 4.94. The largest absolute Gasteiger partial charge is 0.394 e. The SMILES string of the molecule is NC1(CO)CC2CCC1C2. The maximum Gasteiger partial charge on any atom is 0.0614 e. The minimum Gasteiger partial charge on any atom is -0.394 e. The number of rotatable bonds is 1. The third-order valence-corrected chi connectivity index (χ3v) is 3.32. The van der Waals surface area contributed by atoms with Gasteiger partial charge >= 0.3 is 0 Å². The normalized spacial score (nSPS) is 52.2. The van der Waals surface area contributed by atoms with Gasteiger partial charge in [0.2, 0.25) is 0 Å². The molecule has 0 radical (unpaired) electrons.